The molecule has 0 amide bonds. The topological polar surface area (TPSA) is 18.5 Å². The van der Waals surface area contributed by atoms with Gasteiger partial charge in [-0.2, -0.15) is 0 Å². The second kappa shape index (κ2) is 6.22. The van der Waals surface area contributed by atoms with Crippen molar-refractivity contribution in [3.8, 4) is 11.5 Å². The molecule has 0 saturated heterocycles. The normalized spacial score (nSPS) is 12.1. The van der Waals surface area contributed by atoms with Gasteiger partial charge in [0.05, 0.1) is 19.0 Å². The van der Waals surface area contributed by atoms with Crippen molar-refractivity contribution < 1.29 is 18.3 Å². The molecule has 0 N–H and O–H groups in total. The van der Waals surface area contributed by atoms with Gasteiger partial charge in [0.25, 0.3) is 0 Å². The van der Waals surface area contributed by atoms with E-state index in [2.05, 4.69) is 15.9 Å². The zero-order valence-electron chi connectivity index (χ0n) is 11.0. The molecule has 0 spiro atoms. The quantitative estimate of drug-likeness (QED) is 0.763. The fourth-order valence-corrected chi connectivity index (χ4v) is 2.74. The molecular formula is C15H13BrF2O2. The molecule has 0 aromatic heterocycles. The summed E-state index contributed by atoms with van der Waals surface area (Å²) in [6.07, 6.45) is 0. The standard InChI is InChI=1S/C15H13BrF2O2/c1-19-9-6-7-13(20-2)10(8-9)15(16)14-11(17)4-3-5-12(14)18/h3-8,15H,1-2H3. The van der Waals surface area contributed by atoms with Crippen molar-refractivity contribution in [2.45, 2.75) is 4.83 Å². The first-order valence-corrected chi connectivity index (χ1v) is 6.80. The predicted octanol–water partition coefficient (Wildman–Crippen LogP) is 4.47. The summed E-state index contributed by atoms with van der Waals surface area (Å²) >= 11 is 3.34. The largest absolute Gasteiger partial charge is 0.497 e. The number of hydrogen-bond donors (Lipinski definition) is 0. The Balaban J connectivity index is 2.55. The first-order valence-electron chi connectivity index (χ1n) is 5.88. The van der Waals surface area contributed by atoms with Gasteiger partial charge in [-0.1, -0.05) is 22.0 Å². The van der Waals surface area contributed by atoms with Gasteiger partial charge in [0.15, 0.2) is 0 Å². The number of ether oxygens (including phenoxy) is 2. The van der Waals surface area contributed by atoms with E-state index in [0.29, 0.717) is 17.1 Å². The molecule has 0 heterocycles. The van der Waals surface area contributed by atoms with Gasteiger partial charge in [-0.25, -0.2) is 8.78 Å². The Morgan fingerprint density at radius 3 is 2.20 bits per heavy atom. The number of hydrogen-bond acceptors (Lipinski definition) is 2. The summed E-state index contributed by atoms with van der Waals surface area (Å²) in [6.45, 7) is 0. The van der Waals surface area contributed by atoms with Crippen LogP contribution in [0.15, 0.2) is 36.4 Å². The van der Waals surface area contributed by atoms with E-state index >= 15 is 0 Å². The Bertz CT molecular complexity index is 597. The van der Waals surface area contributed by atoms with E-state index in [-0.39, 0.29) is 5.56 Å². The fraction of sp³-hybridized carbons (Fsp3) is 0.200. The van der Waals surface area contributed by atoms with Crippen molar-refractivity contribution in [1.29, 1.82) is 0 Å². The SMILES string of the molecule is COc1ccc(OC)c(C(Br)c2c(F)cccc2F)c1. The Morgan fingerprint density at radius 2 is 1.65 bits per heavy atom. The zero-order chi connectivity index (χ0) is 14.7. The first-order chi connectivity index (χ1) is 9.58. The highest BCUT2D eigenvalue weighted by atomic mass is 79.9. The van der Waals surface area contributed by atoms with Gasteiger partial charge >= 0.3 is 0 Å². The van der Waals surface area contributed by atoms with Crippen LogP contribution in [0.5, 0.6) is 11.5 Å². The number of methoxy groups -OCH3 is 2. The molecule has 2 aromatic rings. The lowest BCUT2D eigenvalue weighted by Gasteiger charge is -2.17. The van der Waals surface area contributed by atoms with Gasteiger partial charge in [-0.3, -0.25) is 0 Å². The van der Waals surface area contributed by atoms with Crippen LogP contribution in [0.3, 0.4) is 0 Å². The molecule has 0 aliphatic rings. The lowest BCUT2D eigenvalue weighted by Crippen LogP contribution is -2.03. The number of rotatable bonds is 4. The van der Waals surface area contributed by atoms with Gasteiger partial charge < -0.3 is 9.47 Å². The minimum atomic E-state index is -0.672. The minimum absolute atomic E-state index is 0.0564. The van der Waals surface area contributed by atoms with Gasteiger partial charge in [-0.05, 0) is 30.3 Å². The maximum Gasteiger partial charge on any atom is 0.130 e. The second-order valence-electron chi connectivity index (χ2n) is 4.11. The Hall–Kier alpha value is -1.62. The third-order valence-corrected chi connectivity index (χ3v) is 3.91. The van der Waals surface area contributed by atoms with E-state index < -0.39 is 16.5 Å². The molecule has 106 valence electrons. The molecule has 0 saturated carbocycles. The summed E-state index contributed by atoms with van der Waals surface area (Å²) in [7, 11) is 3.03. The summed E-state index contributed by atoms with van der Waals surface area (Å²) in [5.41, 5.74) is 0.537. The van der Waals surface area contributed by atoms with Crippen LogP contribution in [0.2, 0.25) is 0 Å². The van der Waals surface area contributed by atoms with Gasteiger partial charge in [0.1, 0.15) is 23.1 Å². The summed E-state index contributed by atoms with van der Waals surface area (Å²) < 4.78 is 38.1. The van der Waals surface area contributed by atoms with Crippen molar-refractivity contribution in [2.75, 3.05) is 14.2 Å². The van der Waals surface area contributed by atoms with E-state index in [1.807, 2.05) is 0 Å². The molecular weight excluding hydrogens is 330 g/mol. The molecule has 0 fully saturated rings. The van der Waals surface area contributed by atoms with E-state index in [4.69, 9.17) is 9.47 Å². The molecule has 20 heavy (non-hydrogen) atoms. The van der Waals surface area contributed by atoms with Crippen molar-refractivity contribution in [3.63, 3.8) is 0 Å². The molecule has 5 heteroatoms. The predicted molar refractivity (Wildman–Crippen MR) is 76.7 cm³/mol. The highest BCUT2D eigenvalue weighted by Gasteiger charge is 2.22. The summed E-state index contributed by atoms with van der Waals surface area (Å²) in [6, 6.07) is 8.88. The van der Waals surface area contributed by atoms with Crippen LogP contribution in [0, 0.1) is 11.6 Å². The molecule has 2 nitrogen and oxygen atoms in total. The average Bonchev–Trinajstić information content (AvgIpc) is 2.46. The van der Waals surface area contributed by atoms with Gasteiger partial charge in [0.2, 0.25) is 0 Å². The zero-order valence-corrected chi connectivity index (χ0v) is 12.6. The van der Waals surface area contributed by atoms with Gasteiger partial charge in [0, 0.05) is 11.1 Å². The van der Waals surface area contributed by atoms with Crippen LogP contribution in [-0.2, 0) is 0 Å². The van der Waals surface area contributed by atoms with E-state index in [0.717, 1.165) is 0 Å². The number of benzene rings is 2. The van der Waals surface area contributed by atoms with Crippen molar-refractivity contribution in [2.24, 2.45) is 0 Å². The maximum atomic E-state index is 13.9. The third kappa shape index (κ3) is 2.77. The minimum Gasteiger partial charge on any atom is -0.497 e. The first kappa shape index (κ1) is 14.8. The van der Waals surface area contributed by atoms with Crippen molar-refractivity contribution in [1.82, 2.24) is 0 Å². The van der Waals surface area contributed by atoms with Crippen molar-refractivity contribution >= 4 is 15.9 Å². The molecule has 2 aromatic carbocycles. The Morgan fingerprint density at radius 1 is 1.00 bits per heavy atom. The van der Waals surface area contributed by atoms with Crippen LogP contribution in [-0.4, -0.2) is 14.2 Å². The monoisotopic (exact) mass is 342 g/mol. The highest BCUT2D eigenvalue weighted by molar-refractivity contribution is 9.09. The Kier molecular flexibility index (Phi) is 4.60. The van der Waals surface area contributed by atoms with Crippen LogP contribution >= 0.6 is 15.9 Å². The van der Waals surface area contributed by atoms with Crippen LogP contribution in [0.1, 0.15) is 16.0 Å². The molecule has 0 radical (unpaired) electrons. The van der Waals surface area contributed by atoms with Crippen LogP contribution < -0.4 is 9.47 Å². The van der Waals surface area contributed by atoms with E-state index in [1.54, 1.807) is 18.2 Å². The highest BCUT2D eigenvalue weighted by Crippen LogP contribution is 2.40. The maximum absolute atomic E-state index is 13.9. The molecule has 0 aliphatic carbocycles. The van der Waals surface area contributed by atoms with Gasteiger partial charge in [-0.15, -0.1) is 0 Å². The van der Waals surface area contributed by atoms with E-state index in [9.17, 15) is 8.78 Å². The second-order valence-corrected chi connectivity index (χ2v) is 5.02. The lowest BCUT2D eigenvalue weighted by molar-refractivity contribution is 0.399. The fourth-order valence-electron chi connectivity index (χ4n) is 1.95. The molecule has 0 aliphatic heterocycles. The average molecular weight is 343 g/mol. The lowest BCUT2D eigenvalue weighted by atomic mass is 10.0. The smallest absolute Gasteiger partial charge is 0.130 e. The van der Waals surface area contributed by atoms with Crippen LogP contribution in [0.4, 0.5) is 8.78 Å². The van der Waals surface area contributed by atoms with E-state index in [1.165, 1.54) is 32.4 Å². The number of halogens is 3. The summed E-state index contributed by atoms with van der Waals surface area (Å²) in [4.78, 5) is -0.672. The van der Waals surface area contributed by atoms with Crippen molar-refractivity contribution in [3.05, 3.63) is 59.2 Å². The molecule has 1 atom stereocenters. The molecule has 1 unspecified atom stereocenters. The van der Waals surface area contributed by atoms with Crippen LogP contribution in [0.25, 0.3) is 0 Å². The third-order valence-electron chi connectivity index (χ3n) is 2.96. The molecule has 0 bridgehead atoms. The summed E-state index contributed by atoms with van der Waals surface area (Å²) in [5.74, 6) is -0.120. The summed E-state index contributed by atoms with van der Waals surface area (Å²) in [5, 5.41) is 0. The number of alkyl halides is 1. The molecule has 2 rings (SSSR count). The Labute approximate surface area is 124 Å².